The van der Waals surface area contributed by atoms with Crippen molar-refractivity contribution in [1.82, 2.24) is 4.98 Å². The van der Waals surface area contributed by atoms with Gasteiger partial charge in [-0.2, -0.15) is 4.98 Å². The van der Waals surface area contributed by atoms with Gasteiger partial charge >= 0.3 is 0 Å². The number of ether oxygens (including phenoxy) is 1. The van der Waals surface area contributed by atoms with Crippen LogP contribution in [0.1, 0.15) is 25.5 Å². The molecule has 1 aromatic carbocycles. The Bertz CT molecular complexity index is 528. The monoisotopic (exact) mass is 320 g/mol. The molecule has 0 aliphatic carbocycles. The van der Waals surface area contributed by atoms with E-state index in [9.17, 15) is 0 Å². The third kappa shape index (κ3) is 3.96. The average Bonchev–Trinajstić information content (AvgIpc) is 2.40. The summed E-state index contributed by atoms with van der Waals surface area (Å²) in [4.78, 5) is 4.40. The van der Waals surface area contributed by atoms with Crippen LogP contribution in [-0.4, -0.2) is 11.6 Å². The summed E-state index contributed by atoms with van der Waals surface area (Å²) in [6.45, 7) is 4.68. The SMILES string of the molecule is CCOc1cccc(NC(C)c2ccc(Br)cc2)n1. The first-order valence-electron chi connectivity index (χ1n) is 6.31. The van der Waals surface area contributed by atoms with Gasteiger partial charge in [-0.15, -0.1) is 0 Å². The van der Waals surface area contributed by atoms with Gasteiger partial charge in [0, 0.05) is 16.6 Å². The molecule has 0 spiro atoms. The van der Waals surface area contributed by atoms with Gasteiger partial charge in [-0.1, -0.05) is 34.1 Å². The normalized spacial score (nSPS) is 11.9. The number of nitrogens with zero attached hydrogens (tertiary/aromatic N) is 1. The van der Waals surface area contributed by atoms with E-state index in [4.69, 9.17) is 4.74 Å². The second-order valence-corrected chi connectivity index (χ2v) is 5.13. The van der Waals surface area contributed by atoms with E-state index in [1.54, 1.807) is 0 Å². The zero-order valence-electron chi connectivity index (χ0n) is 11.1. The predicted octanol–water partition coefficient (Wildman–Crippen LogP) is 4.42. The second kappa shape index (κ2) is 6.57. The van der Waals surface area contributed by atoms with E-state index in [1.165, 1.54) is 5.56 Å². The highest BCUT2D eigenvalue weighted by Gasteiger charge is 2.06. The van der Waals surface area contributed by atoms with Gasteiger partial charge in [0.1, 0.15) is 5.82 Å². The molecule has 0 aliphatic rings. The number of hydrogen-bond donors (Lipinski definition) is 1. The molecule has 1 aromatic heterocycles. The molecule has 0 amide bonds. The zero-order valence-corrected chi connectivity index (χ0v) is 12.6. The van der Waals surface area contributed by atoms with Crippen molar-refractivity contribution < 1.29 is 4.74 Å². The first kappa shape index (κ1) is 13.9. The minimum Gasteiger partial charge on any atom is -0.478 e. The van der Waals surface area contributed by atoms with E-state index in [-0.39, 0.29) is 6.04 Å². The number of halogens is 1. The molecule has 0 aliphatic heterocycles. The third-order valence-electron chi connectivity index (χ3n) is 2.75. The van der Waals surface area contributed by atoms with Crippen LogP contribution in [0, 0.1) is 0 Å². The second-order valence-electron chi connectivity index (χ2n) is 4.21. The number of rotatable bonds is 5. The van der Waals surface area contributed by atoms with Crippen molar-refractivity contribution in [1.29, 1.82) is 0 Å². The van der Waals surface area contributed by atoms with Gasteiger partial charge in [0.15, 0.2) is 0 Å². The first-order valence-corrected chi connectivity index (χ1v) is 7.10. The van der Waals surface area contributed by atoms with Gasteiger partial charge in [-0.05, 0) is 37.6 Å². The predicted molar refractivity (Wildman–Crippen MR) is 81.6 cm³/mol. The van der Waals surface area contributed by atoms with E-state index in [2.05, 4.69) is 45.3 Å². The van der Waals surface area contributed by atoms with E-state index < -0.39 is 0 Å². The molecule has 1 heterocycles. The van der Waals surface area contributed by atoms with Crippen molar-refractivity contribution >= 4 is 21.7 Å². The summed E-state index contributed by atoms with van der Waals surface area (Å²) in [7, 11) is 0. The van der Waals surface area contributed by atoms with Crippen molar-refractivity contribution in [3.63, 3.8) is 0 Å². The number of anilines is 1. The lowest BCUT2D eigenvalue weighted by molar-refractivity contribution is 0.327. The molecular weight excluding hydrogens is 304 g/mol. The van der Waals surface area contributed by atoms with Gasteiger partial charge in [0.25, 0.3) is 0 Å². The molecule has 1 atom stereocenters. The average molecular weight is 321 g/mol. The maximum Gasteiger partial charge on any atom is 0.215 e. The van der Waals surface area contributed by atoms with Crippen molar-refractivity contribution in [2.45, 2.75) is 19.9 Å². The zero-order chi connectivity index (χ0) is 13.7. The van der Waals surface area contributed by atoms with Crippen molar-refractivity contribution in [3.8, 4) is 5.88 Å². The summed E-state index contributed by atoms with van der Waals surface area (Å²) in [5.74, 6) is 1.47. The Hall–Kier alpha value is -1.55. The maximum absolute atomic E-state index is 5.39. The fourth-order valence-corrected chi connectivity index (χ4v) is 2.04. The van der Waals surface area contributed by atoms with E-state index >= 15 is 0 Å². The molecule has 0 fully saturated rings. The van der Waals surface area contributed by atoms with E-state index in [0.29, 0.717) is 12.5 Å². The van der Waals surface area contributed by atoms with Crippen LogP contribution in [0.25, 0.3) is 0 Å². The summed E-state index contributed by atoms with van der Waals surface area (Å²) in [6.07, 6.45) is 0. The summed E-state index contributed by atoms with van der Waals surface area (Å²) in [5.41, 5.74) is 1.21. The highest BCUT2D eigenvalue weighted by Crippen LogP contribution is 2.21. The highest BCUT2D eigenvalue weighted by molar-refractivity contribution is 9.10. The first-order chi connectivity index (χ1) is 9.19. The molecular formula is C15H17BrN2O. The standard InChI is InChI=1S/C15H17BrN2O/c1-3-19-15-6-4-5-14(18-15)17-11(2)12-7-9-13(16)10-8-12/h4-11H,3H2,1-2H3,(H,17,18). The molecule has 0 bridgehead atoms. The number of hydrogen-bond acceptors (Lipinski definition) is 3. The van der Waals surface area contributed by atoms with E-state index in [0.717, 1.165) is 10.3 Å². The smallest absolute Gasteiger partial charge is 0.215 e. The molecule has 2 rings (SSSR count). The van der Waals surface area contributed by atoms with Crippen molar-refractivity contribution in [2.75, 3.05) is 11.9 Å². The van der Waals surface area contributed by atoms with E-state index in [1.807, 2.05) is 37.3 Å². The molecule has 0 radical (unpaired) electrons. The molecule has 3 nitrogen and oxygen atoms in total. The van der Waals surface area contributed by atoms with Crippen molar-refractivity contribution in [2.24, 2.45) is 0 Å². The lowest BCUT2D eigenvalue weighted by Gasteiger charge is -2.15. The van der Waals surface area contributed by atoms with Crippen LogP contribution < -0.4 is 10.1 Å². The number of aromatic nitrogens is 1. The van der Waals surface area contributed by atoms with Crippen LogP contribution in [-0.2, 0) is 0 Å². The summed E-state index contributed by atoms with van der Waals surface area (Å²) in [6, 6.07) is 14.2. The van der Waals surface area contributed by atoms with Crippen molar-refractivity contribution in [3.05, 3.63) is 52.5 Å². The Balaban J connectivity index is 2.07. The third-order valence-corrected chi connectivity index (χ3v) is 3.28. The molecule has 1 unspecified atom stereocenters. The summed E-state index contributed by atoms with van der Waals surface area (Å²) in [5, 5.41) is 3.37. The molecule has 100 valence electrons. The van der Waals surface area contributed by atoms with Gasteiger partial charge < -0.3 is 10.1 Å². The van der Waals surface area contributed by atoms with Crippen LogP contribution in [0.3, 0.4) is 0 Å². The minimum absolute atomic E-state index is 0.192. The molecule has 4 heteroatoms. The summed E-state index contributed by atoms with van der Waals surface area (Å²) < 4.78 is 6.48. The van der Waals surface area contributed by atoms with Gasteiger partial charge in [-0.3, -0.25) is 0 Å². The largest absolute Gasteiger partial charge is 0.478 e. The molecule has 1 N–H and O–H groups in total. The molecule has 0 saturated heterocycles. The Morgan fingerprint density at radius 2 is 1.95 bits per heavy atom. The van der Waals surface area contributed by atoms with Crippen LogP contribution in [0.15, 0.2) is 46.9 Å². The Morgan fingerprint density at radius 1 is 1.21 bits per heavy atom. The van der Waals surface area contributed by atoms with Crippen LogP contribution in [0.5, 0.6) is 5.88 Å². The topological polar surface area (TPSA) is 34.1 Å². The Kier molecular flexibility index (Phi) is 4.80. The van der Waals surface area contributed by atoms with Gasteiger partial charge in [0.2, 0.25) is 5.88 Å². The lowest BCUT2D eigenvalue weighted by Crippen LogP contribution is -2.08. The quantitative estimate of drug-likeness (QED) is 0.885. The van der Waals surface area contributed by atoms with Crippen LogP contribution in [0.2, 0.25) is 0 Å². The number of pyridine rings is 1. The van der Waals surface area contributed by atoms with Gasteiger partial charge in [-0.25, -0.2) is 0 Å². The Morgan fingerprint density at radius 3 is 2.63 bits per heavy atom. The lowest BCUT2D eigenvalue weighted by atomic mass is 10.1. The molecule has 19 heavy (non-hydrogen) atoms. The fraction of sp³-hybridized carbons (Fsp3) is 0.267. The molecule has 0 saturated carbocycles. The Labute approximate surface area is 122 Å². The number of benzene rings is 1. The number of nitrogens with one attached hydrogen (secondary N) is 1. The minimum atomic E-state index is 0.192. The van der Waals surface area contributed by atoms with Crippen LogP contribution >= 0.6 is 15.9 Å². The fourth-order valence-electron chi connectivity index (χ4n) is 1.78. The summed E-state index contributed by atoms with van der Waals surface area (Å²) >= 11 is 3.44. The maximum atomic E-state index is 5.39. The highest BCUT2D eigenvalue weighted by atomic mass is 79.9. The van der Waals surface area contributed by atoms with Crippen LogP contribution in [0.4, 0.5) is 5.82 Å². The molecule has 2 aromatic rings. The van der Waals surface area contributed by atoms with Gasteiger partial charge in [0.05, 0.1) is 6.61 Å².